The molecular formula is C16H28O4. The van der Waals surface area contributed by atoms with Gasteiger partial charge in [0.25, 0.3) is 0 Å². The van der Waals surface area contributed by atoms with E-state index < -0.39 is 17.5 Å². The summed E-state index contributed by atoms with van der Waals surface area (Å²) in [7, 11) is 0. The third-order valence-corrected chi connectivity index (χ3v) is 3.45. The van der Waals surface area contributed by atoms with E-state index >= 15 is 0 Å². The fourth-order valence-corrected chi connectivity index (χ4v) is 2.44. The highest BCUT2D eigenvalue weighted by Gasteiger charge is 2.44. The van der Waals surface area contributed by atoms with E-state index in [0.717, 1.165) is 6.42 Å². The van der Waals surface area contributed by atoms with Crippen molar-refractivity contribution in [3.05, 3.63) is 0 Å². The summed E-state index contributed by atoms with van der Waals surface area (Å²) in [5.74, 6) is -0.965. The van der Waals surface area contributed by atoms with Crippen LogP contribution in [0.15, 0.2) is 0 Å². The first-order valence-corrected chi connectivity index (χ1v) is 7.56. The zero-order valence-corrected chi connectivity index (χ0v) is 13.6. The van der Waals surface area contributed by atoms with Crippen LogP contribution in [0.1, 0.15) is 60.8 Å². The van der Waals surface area contributed by atoms with Gasteiger partial charge in [0.05, 0.1) is 12.2 Å². The van der Waals surface area contributed by atoms with Gasteiger partial charge in [0.15, 0.2) is 5.78 Å². The average Bonchev–Trinajstić information content (AvgIpc) is 2.25. The van der Waals surface area contributed by atoms with Crippen LogP contribution in [0, 0.1) is 11.8 Å². The molecule has 0 N–H and O–H groups in total. The number of carbonyl (C=O) groups is 2. The highest BCUT2D eigenvalue weighted by molar-refractivity contribution is 6.00. The summed E-state index contributed by atoms with van der Waals surface area (Å²) in [6, 6.07) is 0. The standard InChI is InChI=1S/C16H28O4/c1-7-8-12-14(15(18)20-16(4,5)6)11(17)9-13(19-12)10(2)3/h10,12-14H,7-9H2,1-6H3/t12-,13-,14+/m0/s1. The van der Waals surface area contributed by atoms with Crippen molar-refractivity contribution in [1.82, 2.24) is 0 Å². The summed E-state index contributed by atoms with van der Waals surface area (Å²) < 4.78 is 11.4. The van der Waals surface area contributed by atoms with Crippen molar-refractivity contribution in [2.45, 2.75) is 78.6 Å². The Morgan fingerprint density at radius 2 is 2.00 bits per heavy atom. The van der Waals surface area contributed by atoms with Gasteiger partial charge in [-0.3, -0.25) is 9.59 Å². The number of carbonyl (C=O) groups excluding carboxylic acids is 2. The number of hydrogen-bond donors (Lipinski definition) is 0. The molecule has 1 fully saturated rings. The molecule has 20 heavy (non-hydrogen) atoms. The topological polar surface area (TPSA) is 52.6 Å². The number of ether oxygens (including phenoxy) is 2. The highest BCUT2D eigenvalue weighted by Crippen LogP contribution is 2.30. The Hall–Kier alpha value is -0.900. The molecule has 1 heterocycles. The van der Waals surface area contributed by atoms with Crippen LogP contribution in [0.3, 0.4) is 0 Å². The van der Waals surface area contributed by atoms with Gasteiger partial charge in [-0.1, -0.05) is 27.2 Å². The fraction of sp³-hybridized carbons (Fsp3) is 0.875. The van der Waals surface area contributed by atoms with Crippen molar-refractivity contribution in [2.24, 2.45) is 11.8 Å². The van der Waals surface area contributed by atoms with Crippen LogP contribution < -0.4 is 0 Å². The molecule has 0 aromatic heterocycles. The molecule has 0 radical (unpaired) electrons. The van der Waals surface area contributed by atoms with Crippen molar-refractivity contribution in [2.75, 3.05) is 0 Å². The van der Waals surface area contributed by atoms with Crippen LogP contribution in [0.4, 0.5) is 0 Å². The van der Waals surface area contributed by atoms with Gasteiger partial charge in [-0.25, -0.2) is 0 Å². The van der Waals surface area contributed by atoms with Gasteiger partial charge in [0.1, 0.15) is 11.5 Å². The van der Waals surface area contributed by atoms with E-state index in [2.05, 4.69) is 0 Å². The van der Waals surface area contributed by atoms with Crippen molar-refractivity contribution < 1.29 is 19.1 Å². The van der Waals surface area contributed by atoms with Gasteiger partial charge in [-0.05, 0) is 33.1 Å². The van der Waals surface area contributed by atoms with E-state index in [1.807, 2.05) is 41.5 Å². The Labute approximate surface area is 122 Å². The zero-order chi connectivity index (χ0) is 15.5. The minimum absolute atomic E-state index is 0.0392. The van der Waals surface area contributed by atoms with Crippen LogP contribution in [0.5, 0.6) is 0 Å². The predicted molar refractivity (Wildman–Crippen MR) is 77.4 cm³/mol. The molecule has 1 rings (SSSR count). The fourth-order valence-electron chi connectivity index (χ4n) is 2.44. The lowest BCUT2D eigenvalue weighted by Crippen LogP contribution is -2.48. The van der Waals surface area contributed by atoms with E-state index in [4.69, 9.17) is 9.47 Å². The van der Waals surface area contributed by atoms with Crippen LogP contribution in [0.25, 0.3) is 0 Å². The first-order chi connectivity index (χ1) is 9.15. The normalized spacial score (nSPS) is 27.8. The third-order valence-electron chi connectivity index (χ3n) is 3.45. The van der Waals surface area contributed by atoms with Crippen LogP contribution in [-0.2, 0) is 19.1 Å². The molecule has 4 nitrogen and oxygen atoms in total. The summed E-state index contributed by atoms with van der Waals surface area (Å²) in [5, 5.41) is 0. The Kier molecular flexibility index (Phi) is 5.75. The average molecular weight is 284 g/mol. The molecular weight excluding hydrogens is 256 g/mol. The van der Waals surface area contributed by atoms with Gasteiger partial charge < -0.3 is 9.47 Å². The monoisotopic (exact) mass is 284 g/mol. The maximum atomic E-state index is 12.3. The minimum Gasteiger partial charge on any atom is -0.459 e. The van der Waals surface area contributed by atoms with Crippen molar-refractivity contribution >= 4 is 11.8 Å². The molecule has 0 aromatic rings. The van der Waals surface area contributed by atoms with Gasteiger partial charge in [0, 0.05) is 6.42 Å². The van der Waals surface area contributed by atoms with E-state index in [9.17, 15) is 9.59 Å². The lowest BCUT2D eigenvalue weighted by Gasteiger charge is -2.37. The molecule has 4 heteroatoms. The van der Waals surface area contributed by atoms with Gasteiger partial charge in [-0.15, -0.1) is 0 Å². The molecule has 0 unspecified atom stereocenters. The quantitative estimate of drug-likeness (QED) is 0.588. The van der Waals surface area contributed by atoms with E-state index in [1.54, 1.807) is 0 Å². The smallest absolute Gasteiger partial charge is 0.319 e. The molecule has 3 atom stereocenters. The first-order valence-electron chi connectivity index (χ1n) is 7.56. The SMILES string of the molecule is CCC[C@@H]1O[C@H](C(C)C)CC(=O)[C@H]1C(=O)OC(C)(C)C. The third kappa shape index (κ3) is 4.58. The summed E-state index contributed by atoms with van der Waals surface area (Å²) in [5.41, 5.74) is -0.580. The molecule has 0 bridgehead atoms. The highest BCUT2D eigenvalue weighted by atomic mass is 16.6. The Balaban J connectivity index is 2.86. The van der Waals surface area contributed by atoms with Gasteiger partial charge >= 0.3 is 5.97 Å². The van der Waals surface area contributed by atoms with Crippen LogP contribution >= 0.6 is 0 Å². The summed E-state index contributed by atoms with van der Waals surface area (Å²) >= 11 is 0. The number of hydrogen-bond acceptors (Lipinski definition) is 4. The molecule has 0 aliphatic carbocycles. The maximum Gasteiger partial charge on any atom is 0.319 e. The molecule has 0 amide bonds. The van der Waals surface area contributed by atoms with Crippen molar-refractivity contribution in [3.8, 4) is 0 Å². The Morgan fingerprint density at radius 1 is 1.40 bits per heavy atom. The number of esters is 1. The Morgan fingerprint density at radius 3 is 2.45 bits per heavy atom. The molecule has 1 aliphatic heterocycles. The molecule has 1 aliphatic rings. The van der Waals surface area contributed by atoms with Gasteiger partial charge in [-0.2, -0.15) is 0 Å². The maximum absolute atomic E-state index is 12.3. The minimum atomic E-state index is -0.760. The number of rotatable bonds is 4. The summed E-state index contributed by atoms with van der Waals surface area (Å²) in [6.45, 7) is 11.5. The largest absolute Gasteiger partial charge is 0.459 e. The molecule has 0 saturated carbocycles. The van der Waals surface area contributed by atoms with Crippen molar-refractivity contribution in [3.63, 3.8) is 0 Å². The van der Waals surface area contributed by atoms with Crippen molar-refractivity contribution in [1.29, 1.82) is 0 Å². The second-order valence-corrected chi connectivity index (χ2v) is 6.93. The van der Waals surface area contributed by atoms with E-state index in [1.165, 1.54) is 0 Å². The second kappa shape index (κ2) is 6.70. The molecule has 116 valence electrons. The van der Waals surface area contributed by atoms with E-state index in [-0.39, 0.29) is 23.9 Å². The lowest BCUT2D eigenvalue weighted by molar-refractivity contribution is -0.179. The second-order valence-electron chi connectivity index (χ2n) is 6.93. The molecule has 0 spiro atoms. The zero-order valence-electron chi connectivity index (χ0n) is 13.6. The summed E-state index contributed by atoms with van der Waals surface area (Å²) in [6.07, 6.45) is 1.46. The summed E-state index contributed by atoms with van der Waals surface area (Å²) in [4.78, 5) is 24.6. The molecule has 0 aromatic carbocycles. The van der Waals surface area contributed by atoms with Gasteiger partial charge in [0.2, 0.25) is 0 Å². The lowest BCUT2D eigenvalue weighted by atomic mass is 9.85. The predicted octanol–water partition coefficient (Wildman–Crippen LogP) is 3.13. The Bertz CT molecular complexity index is 354. The number of ketones is 1. The molecule has 1 saturated heterocycles. The number of Topliss-reactive ketones (excluding diaryl/α,β-unsaturated/α-hetero) is 1. The van der Waals surface area contributed by atoms with Crippen LogP contribution in [0.2, 0.25) is 0 Å². The van der Waals surface area contributed by atoms with E-state index in [0.29, 0.717) is 12.8 Å². The van der Waals surface area contributed by atoms with Crippen LogP contribution in [-0.4, -0.2) is 29.6 Å². The first kappa shape index (κ1) is 17.2.